The number of carbonyl (C=O) groups is 2. The molecule has 1 atom stereocenters. The van der Waals surface area contributed by atoms with Gasteiger partial charge in [0, 0.05) is 23.7 Å². The number of hydrogen-bond acceptors (Lipinski definition) is 5. The van der Waals surface area contributed by atoms with Gasteiger partial charge in [0.05, 0.1) is 18.2 Å². The number of hydrogen-bond donors (Lipinski definition) is 2. The Labute approximate surface area is 169 Å². The van der Waals surface area contributed by atoms with Crippen molar-refractivity contribution < 1.29 is 24.3 Å². The van der Waals surface area contributed by atoms with E-state index in [-0.39, 0.29) is 5.91 Å². The van der Waals surface area contributed by atoms with Crippen molar-refractivity contribution in [2.45, 2.75) is 45.3 Å². The molecule has 2 N–H and O–H groups in total. The highest BCUT2D eigenvalue weighted by molar-refractivity contribution is 6.31. The second-order valence-electron chi connectivity index (χ2n) is 7.38. The van der Waals surface area contributed by atoms with Crippen LogP contribution >= 0.6 is 11.6 Å². The van der Waals surface area contributed by atoms with Crippen LogP contribution in [0.15, 0.2) is 17.7 Å². The van der Waals surface area contributed by atoms with Crippen molar-refractivity contribution in [3.63, 3.8) is 0 Å². The molecule has 28 heavy (non-hydrogen) atoms. The van der Waals surface area contributed by atoms with Gasteiger partial charge in [-0.2, -0.15) is 5.06 Å². The average molecular weight is 409 g/mol. The van der Waals surface area contributed by atoms with Crippen molar-refractivity contribution in [1.29, 1.82) is 0 Å². The van der Waals surface area contributed by atoms with Crippen LogP contribution in [0.25, 0.3) is 5.57 Å². The lowest BCUT2D eigenvalue weighted by Gasteiger charge is -2.41. The summed E-state index contributed by atoms with van der Waals surface area (Å²) in [5, 5.41) is 14.7. The van der Waals surface area contributed by atoms with Crippen LogP contribution in [0.5, 0.6) is 0 Å². The van der Waals surface area contributed by atoms with Gasteiger partial charge in [0.25, 0.3) is 5.91 Å². The number of piperidine rings is 1. The number of nitrogens with zero attached hydrogens (tertiary/aromatic N) is 1. The fourth-order valence-electron chi connectivity index (χ4n) is 4.51. The minimum Gasteiger partial charge on any atom is -0.450 e. The molecule has 2 aliphatic heterocycles. The summed E-state index contributed by atoms with van der Waals surface area (Å²) < 4.78 is 5.11. The van der Waals surface area contributed by atoms with Crippen LogP contribution in [0.2, 0.25) is 5.02 Å². The number of aryl methyl sites for hydroxylation is 2. The molecule has 0 saturated carbocycles. The second-order valence-corrected chi connectivity index (χ2v) is 7.81. The predicted molar refractivity (Wildman–Crippen MR) is 105 cm³/mol. The molecule has 0 radical (unpaired) electrons. The molecule has 0 aliphatic carbocycles. The third-order valence-electron chi connectivity index (χ3n) is 5.63. The van der Waals surface area contributed by atoms with E-state index in [0.29, 0.717) is 42.1 Å². The van der Waals surface area contributed by atoms with E-state index < -0.39 is 17.8 Å². The molecular formula is C20H25ClN2O5. The average Bonchev–Trinajstić information content (AvgIpc) is 2.86. The Balaban J connectivity index is 2.18. The lowest BCUT2D eigenvalue weighted by atomic mass is 9.77. The Morgan fingerprint density at radius 1 is 1.29 bits per heavy atom. The zero-order chi connectivity index (χ0) is 20.6. The maximum Gasteiger partial charge on any atom is 0.506 e. The van der Waals surface area contributed by atoms with E-state index >= 15 is 0 Å². The summed E-state index contributed by atoms with van der Waals surface area (Å²) in [6.07, 6.45) is -0.933. The van der Waals surface area contributed by atoms with Gasteiger partial charge in [0.15, 0.2) is 0 Å². The molecule has 1 fully saturated rings. The standard InChI is InChI=1S/C20H25ClN2O5/c1-11-9-14(21)10-12(2)15(11)16-17(13(3)28-19(25)26)20(22-18(16)24)5-7-23(27-4)8-6-20/h9-10,13H,5-8H2,1-4H3,(H,22,24)(H,25,26). The van der Waals surface area contributed by atoms with E-state index in [1.165, 1.54) is 0 Å². The highest BCUT2D eigenvalue weighted by Crippen LogP contribution is 2.44. The first kappa shape index (κ1) is 20.6. The monoisotopic (exact) mass is 408 g/mol. The number of ether oxygens (including phenoxy) is 1. The minimum absolute atomic E-state index is 0.213. The fourth-order valence-corrected chi connectivity index (χ4v) is 4.84. The van der Waals surface area contributed by atoms with Crippen molar-refractivity contribution >= 4 is 29.2 Å². The Morgan fingerprint density at radius 2 is 1.86 bits per heavy atom. The van der Waals surface area contributed by atoms with Gasteiger partial charge < -0.3 is 20.0 Å². The molecule has 1 amide bonds. The summed E-state index contributed by atoms with van der Waals surface area (Å²) >= 11 is 6.17. The molecule has 8 heteroatoms. The van der Waals surface area contributed by atoms with Crippen molar-refractivity contribution in [2.24, 2.45) is 0 Å². The minimum atomic E-state index is -1.37. The van der Waals surface area contributed by atoms with Crippen LogP contribution < -0.4 is 5.32 Å². The summed E-state index contributed by atoms with van der Waals surface area (Å²) in [4.78, 5) is 29.7. The third-order valence-corrected chi connectivity index (χ3v) is 5.85. The molecule has 2 aliphatic rings. The largest absolute Gasteiger partial charge is 0.506 e. The predicted octanol–water partition coefficient (Wildman–Crippen LogP) is 3.32. The van der Waals surface area contributed by atoms with Crippen molar-refractivity contribution in [3.8, 4) is 0 Å². The summed E-state index contributed by atoms with van der Waals surface area (Å²) in [7, 11) is 1.62. The molecule has 1 aromatic carbocycles. The first-order chi connectivity index (χ1) is 13.2. The van der Waals surface area contributed by atoms with Gasteiger partial charge in [-0.25, -0.2) is 4.79 Å². The molecule has 1 saturated heterocycles. The number of carboxylic acid groups (broad SMARTS) is 1. The molecule has 1 spiro atoms. The van der Waals surface area contributed by atoms with Crippen molar-refractivity contribution in [3.05, 3.63) is 39.4 Å². The van der Waals surface area contributed by atoms with E-state index in [4.69, 9.17) is 21.2 Å². The topological polar surface area (TPSA) is 88.1 Å². The third kappa shape index (κ3) is 3.62. The maximum atomic E-state index is 13.1. The Bertz CT molecular complexity index is 820. The van der Waals surface area contributed by atoms with Gasteiger partial charge in [-0.3, -0.25) is 4.79 Å². The number of rotatable bonds is 4. The number of benzene rings is 1. The molecule has 1 unspecified atom stereocenters. The molecule has 3 rings (SSSR count). The maximum absolute atomic E-state index is 13.1. The second kappa shape index (κ2) is 7.73. The first-order valence-electron chi connectivity index (χ1n) is 9.21. The summed E-state index contributed by atoms with van der Waals surface area (Å²) in [6, 6.07) is 3.62. The highest BCUT2D eigenvalue weighted by Gasteiger charge is 2.50. The number of halogens is 1. The fraction of sp³-hybridized carbons (Fsp3) is 0.500. The van der Waals surface area contributed by atoms with E-state index in [1.807, 2.05) is 31.0 Å². The van der Waals surface area contributed by atoms with Crippen LogP contribution in [-0.4, -0.2) is 54.1 Å². The zero-order valence-electron chi connectivity index (χ0n) is 16.5. The number of carbonyl (C=O) groups excluding carboxylic acids is 1. The Morgan fingerprint density at radius 3 is 2.36 bits per heavy atom. The lowest BCUT2D eigenvalue weighted by Crippen LogP contribution is -2.54. The molecular weight excluding hydrogens is 384 g/mol. The molecule has 1 aromatic rings. The van der Waals surface area contributed by atoms with Gasteiger partial charge >= 0.3 is 6.16 Å². The summed E-state index contributed by atoms with van der Waals surface area (Å²) in [5.74, 6) is -0.213. The van der Waals surface area contributed by atoms with E-state index in [2.05, 4.69) is 5.32 Å². The van der Waals surface area contributed by atoms with Gasteiger partial charge in [0.2, 0.25) is 0 Å². The highest BCUT2D eigenvalue weighted by atomic mass is 35.5. The van der Waals surface area contributed by atoms with Gasteiger partial charge in [-0.05, 0) is 62.4 Å². The van der Waals surface area contributed by atoms with Gasteiger partial charge in [-0.15, -0.1) is 0 Å². The normalized spacial score (nSPS) is 20.4. The van der Waals surface area contributed by atoms with Crippen molar-refractivity contribution in [1.82, 2.24) is 10.4 Å². The Kier molecular flexibility index (Phi) is 5.70. The lowest BCUT2D eigenvalue weighted by molar-refractivity contribution is -0.151. The molecule has 0 aromatic heterocycles. The van der Waals surface area contributed by atoms with Gasteiger partial charge in [0.1, 0.15) is 6.10 Å². The zero-order valence-corrected chi connectivity index (χ0v) is 17.2. The molecule has 152 valence electrons. The van der Waals surface area contributed by atoms with Gasteiger partial charge in [-0.1, -0.05) is 11.6 Å². The number of hydroxylamine groups is 2. The number of amides is 1. The van der Waals surface area contributed by atoms with Crippen molar-refractivity contribution in [2.75, 3.05) is 20.2 Å². The SMILES string of the molecule is CON1CCC2(CC1)NC(=O)C(c1c(C)cc(Cl)cc1C)=C2C(C)OC(=O)O. The smallest absolute Gasteiger partial charge is 0.450 e. The van der Waals surface area contributed by atoms with Crippen LogP contribution in [0.3, 0.4) is 0 Å². The van der Waals surface area contributed by atoms with Crippen LogP contribution in [0.1, 0.15) is 36.5 Å². The van der Waals surface area contributed by atoms with E-state index in [9.17, 15) is 14.7 Å². The quantitative estimate of drug-likeness (QED) is 0.743. The molecule has 2 heterocycles. The van der Waals surface area contributed by atoms with Crippen LogP contribution in [-0.2, 0) is 14.4 Å². The van der Waals surface area contributed by atoms with Crippen LogP contribution in [0, 0.1) is 13.8 Å². The first-order valence-corrected chi connectivity index (χ1v) is 9.59. The number of nitrogens with one attached hydrogen (secondary N) is 1. The van der Waals surface area contributed by atoms with E-state index in [1.54, 1.807) is 14.0 Å². The Hall–Kier alpha value is -2.09. The molecule has 0 bridgehead atoms. The summed E-state index contributed by atoms with van der Waals surface area (Å²) in [6.45, 7) is 6.70. The van der Waals surface area contributed by atoms with Crippen LogP contribution in [0.4, 0.5) is 4.79 Å². The van der Waals surface area contributed by atoms with E-state index in [0.717, 1.165) is 16.7 Å². The summed E-state index contributed by atoms with van der Waals surface area (Å²) in [5.41, 5.74) is 3.02. The molecule has 7 nitrogen and oxygen atoms in total.